The molecule has 2 heterocycles. The van der Waals surface area contributed by atoms with E-state index in [0.717, 1.165) is 33.9 Å². The lowest BCUT2D eigenvalue weighted by atomic mass is 9.78. The number of oxazole rings is 2. The maximum absolute atomic E-state index is 14.7. The number of rotatable bonds is 6. The average Bonchev–Trinajstić information content (AvgIpc) is 1.38. The first-order valence-corrected chi connectivity index (χ1v) is 31.5. The summed E-state index contributed by atoms with van der Waals surface area (Å²) >= 11 is 24.6. The summed E-state index contributed by atoms with van der Waals surface area (Å²) in [6.45, 7) is 23.9. The highest BCUT2D eigenvalue weighted by Crippen LogP contribution is 2.44. The van der Waals surface area contributed by atoms with Crippen molar-refractivity contribution < 1.29 is 45.6 Å². The number of fused-ring (bicyclic) bond motifs is 2. The number of aromatic nitrogens is 2. The Hall–Kier alpha value is -8.78. The maximum Gasteiger partial charge on any atom is 0.233 e. The minimum absolute atomic E-state index is 0.0117. The molecule has 0 saturated heterocycles. The Morgan fingerprint density at radius 3 is 1.29 bits per heavy atom. The van der Waals surface area contributed by atoms with Crippen LogP contribution < -0.4 is 0 Å². The minimum Gasteiger partial charge on any atom is -0.436 e. The summed E-state index contributed by atoms with van der Waals surface area (Å²) < 4.78 is 69.3. The van der Waals surface area contributed by atoms with Gasteiger partial charge in [-0.2, -0.15) is 0 Å². The summed E-state index contributed by atoms with van der Waals surface area (Å²) in [4.78, 5) is 56.9. The zero-order chi connectivity index (χ0) is 68.5. The molecule has 8 aromatic carbocycles. The van der Waals surface area contributed by atoms with E-state index in [1.165, 1.54) is 48.5 Å². The molecular formula is C78H66Cl4F4N2O6. The number of benzene rings is 8. The van der Waals surface area contributed by atoms with Gasteiger partial charge in [-0.15, -0.1) is 0 Å². The van der Waals surface area contributed by atoms with E-state index in [-0.39, 0.29) is 54.6 Å². The highest BCUT2D eigenvalue weighted by Gasteiger charge is 2.34. The lowest BCUT2D eigenvalue weighted by molar-refractivity contribution is -0.132. The molecule has 480 valence electrons. The molecule has 12 rings (SSSR count). The molecule has 10 aromatic rings. The van der Waals surface area contributed by atoms with Crippen LogP contribution in [0.4, 0.5) is 17.6 Å². The second-order valence-corrected chi connectivity index (χ2v) is 28.2. The first-order chi connectivity index (χ1) is 44.1. The fraction of sp³-hybridized carbons (Fsp3) is 0.205. The van der Waals surface area contributed by atoms with Crippen LogP contribution in [0.5, 0.6) is 0 Å². The number of ketones is 4. The molecule has 94 heavy (non-hydrogen) atoms. The van der Waals surface area contributed by atoms with Crippen LogP contribution in [0, 0.1) is 34.1 Å². The maximum atomic E-state index is 14.7. The van der Waals surface area contributed by atoms with E-state index < -0.39 is 40.2 Å². The Labute approximate surface area is 563 Å². The summed E-state index contributed by atoms with van der Waals surface area (Å²) in [5.41, 5.74) is 8.83. The second-order valence-electron chi connectivity index (χ2n) is 26.6. The van der Waals surface area contributed by atoms with Crippen LogP contribution in [-0.4, -0.2) is 33.1 Å². The lowest BCUT2D eigenvalue weighted by Gasteiger charge is -2.24. The third-order valence-corrected chi connectivity index (χ3v) is 16.7. The molecule has 0 bridgehead atoms. The SMILES string of the molecule is CC(C)(C)C1=CC(=O)C(=O)C(c2c(F)cccc2Cl)=C1.CC(C)(C)C1=CC(c2c(F)cccc2Cl)=CC(=O)C1=O.CC(C)(C)c1cc(-c2c(F)cccc2Cl)c2oc(-c3ccccc3)nc2c1.CC(C)(C)c1cc(-c2c(F)cccc2Cl)cc2nc(-c3ccccc3)oc12. The zero-order valence-electron chi connectivity index (χ0n) is 53.7. The fourth-order valence-electron chi connectivity index (χ4n) is 10.4. The molecule has 2 aliphatic carbocycles. The molecule has 2 aliphatic rings. The van der Waals surface area contributed by atoms with Gasteiger partial charge in [0.25, 0.3) is 0 Å². The monoisotopic (exact) mass is 1340 g/mol. The molecular weight excluding hydrogens is 1280 g/mol. The lowest BCUT2D eigenvalue weighted by Crippen LogP contribution is -2.26. The van der Waals surface area contributed by atoms with Crippen molar-refractivity contribution >= 4 is 103 Å². The topological polar surface area (TPSA) is 120 Å². The Balaban J connectivity index is 0.000000149. The van der Waals surface area contributed by atoms with Crippen molar-refractivity contribution in [1.29, 1.82) is 0 Å². The third-order valence-electron chi connectivity index (χ3n) is 15.4. The first kappa shape index (κ1) is 69.6. The first-order valence-electron chi connectivity index (χ1n) is 30.0. The second kappa shape index (κ2) is 27.7. The molecule has 0 atom stereocenters. The highest BCUT2D eigenvalue weighted by atomic mass is 35.5. The Morgan fingerprint density at radius 1 is 0.383 bits per heavy atom. The van der Waals surface area contributed by atoms with E-state index in [0.29, 0.717) is 77.4 Å². The van der Waals surface area contributed by atoms with Gasteiger partial charge < -0.3 is 8.83 Å². The van der Waals surface area contributed by atoms with E-state index in [1.54, 1.807) is 42.5 Å². The molecule has 0 spiro atoms. The van der Waals surface area contributed by atoms with Gasteiger partial charge in [0.1, 0.15) is 34.3 Å². The fourth-order valence-corrected chi connectivity index (χ4v) is 11.4. The molecule has 0 fully saturated rings. The van der Waals surface area contributed by atoms with Crippen molar-refractivity contribution in [3.05, 3.63) is 259 Å². The molecule has 8 nitrogen and oxygen atoms in total. The van der Waals surface area contributed by atoms with E-state index in [9.17, 15) is 36.7 Å². The minimum atomic E-state index is -0.731. The van der Waals surface area contributed by atoms with Gasteiger partial charge >= 0.3 is 0 Å². The number of halogens is 8. The predicted molar refractivity (Wildman–Crippen MR) is 371 cm³/mol. The van der Waals surface area contributed by atoms with Crippen LogP contribution in [-0.2, 0) is 30.0 Å². The molecule has 0 aliphatic heterocycles. The van der Waals surface area contributed by atoms with Gasteiger partial charge in [-0.25, -0.2) is 27.5 Å². The van der Waals surface area contributed by atoms with Gasteiger partial charge in [0.15, 0.2) is 11.2 Å². The molecule has 2 aromatic heterocycles. The third kappa shape index (κ3) is 15.4. The standard InChI is InChI=1S/2C23H19ClFNO.2C16H14ClFO2/c1-23(2,3)15-12-16(20-17(24)10-7-11-18(20)25)21-19(13-15)26-22(27-21)14-8-5-4-6-9-14;1-23(2,3)16-12-15(20-17(24)10-7-11-18(20)25)13-19-21(16)27-22(26-19)14-8-5-4-6-9-14;1-16(2,3)9-7-10(15(20)13(19)8-9)14-11(17)5-4-6-12(14)18;1-16(2,3)10-7-9(8-13(19)15(10)20)14-11(17)5-4-6-12(14)18/h2*4-13H,1-3H3;2*4-8H,1-3H3. The molecule has 0 amide bonds. The molecule has 0 saturated carbocycles. The van der Waals surface area contributed by atoms with Crippen molar-refractivity contribution in [3.63, 3.8) is 0 Å². The summed E-state index contributed by atoms with van der Waals surface area (Å²) in [5.74, 6) is -3.38. The zero-order valence-corrected chi connectivity index (χ0v) is 56.7. The van der Waals surface area contributed by atoms with E-state index >= 15 is 0 Å². The summed E-state index contributed by atoms with van der Waals surface area (Å²) in [5, 5.41) is 1.05. The summed E-state index contributed by atoms with van der Waals surface area (Å²) in [6.07, 6.45) is 5.55. The van der Waals surface area contributed by atoms with Crippen LogP contribution in [0.3, 0.4) is 0 Å². The van der Waals surface area contributed by atoms with Crippen molar-refractivity contribution in [2.24, 2.45) is 10.8 Å². The molecule has 0 N–H and O–H groups in total. The molecule has 16 heteroatoms. The van der Waals surface area contributed by atoms with Gasteiger partial charge in [0, 0.05) is 55.7 Å². The van der Waals surface area contributed by atoms with E-state index in [4.69, 9.17) is 55.2 Å². The van der Waals surface area contributed by atoms with Crippen molar-refractivity contribution in [3.8, 4) is 45.2 Å². The van der Waals surface area contributed by atoms with Crippen LogP contribution in [0.1, 0.15) is 105 Å². The summed E-state index contributed by atoms with van der Waals surface area (Å²) in [6, 6.07) is 45.0. The van der Waals surface area contributed by atoms with Gasteiger partial charge in [-0.05, 0) is 165 Å². The quantitative estimate of drug-likeness (QED) is 0.0917. The van der Waals surface area contributed by atoms with Crippen LogP contribution >= 0.6 is 46.4 Å². The largest absolute Gasteiger partial charge is 0.436 e. The normalized spacial score (nSPS) is 13.7. The van der Waals surface area contributed by atoms with Crippen molar-refractivity contribution in [1.82, 2.24) is 9.97 Å². The molecule has 0 radical (unpaired) electrons. The Kier molecular flexibility index (Phi) is 20.5. The van der Waals surface area contributed by atoms with E-state index in [2.05, 4.69) is 51.5 Å². The number of hydrogen-bond donors (Lipinski definition) is 0. The molecule has 0 unspecified atom stereocenters. The average molecular weight is 1350 g/mol. The van der Waals surface area contributed by atoms with Gasteiger partial charge in [-0.1, -0.05) is 190 Å². The van der Waals surface area contributed by atoms with Crippen molar-refractivity contribution in [2.45, 2.75) is 93.9 Å². The van der Waals surface area contributed by atoms with Crippen molar-refractivity contribution in [2.75, 3.05) is 0 Å². The smallest absolute Gasteiger partial charge is 0.233 e. The van der Waals surface area contributed by atoms with Crippen LogP contribution in [0.15, 0.2) is 202 Å². The Morgan fingerprint density at radius 2 is 0.830 bits per heavy atom. The van der Waals surface area contributed by atoms with Gasteiger partial charge in [0.2, 0.25) is 34.9 Å². The number of hydrogen-bond acceptors (Lipinski definition) is 8. The number of nitrogens with zero attached hydrogens (tertiary/aromatic N) is 2. The van der Waals surface area contributed by atoms with E-state index in [1.807, 2.05) is 126 Å². The summed E-state index contributed by atoms with van der Waals surface area (Å²) in [7, 11) is 0. The predicted octanol–water partition coefficient (Wildman–Crippen LogP) is 22.5. The number of allylic oxidation sites excluding steroid dienone is 8. The Bertz CT molecular complexity index is 4680. The number of Topliss-reactive ketones (excluding diaryl/α,β-unsaturated/α-hetero) is 2. The van der Waals surface area contributed by atoms with Gasteiger partial charge in [-0.3, -0.25) is 19.2 Å². The van der Waals surface area contributed by atoms with Gasteiger partial charge in [0.05, 0.1) is 20.1 Å². The van der Waals surface area contributed by atoms with Crippen LogP contribution in [0.25, 0.3) is 78.5 Å². The number of carbonyl (C=O) groups excluding carboxylic acids is 4. The van der Waals surface area contributed by atoms with Crippen LogP contribution in [0.2, 0.25) is 20.1 Å². The number of carbonyl (C=O) groups is 4. The highest BCUT2D eigenvalue weighted by molar-refractivity contribution is 6.59.